The lowest BCUT2D eigenvalue weighted by atomic mass is 9.85. The van der Waals surface area contributed by atoms with Gasteiger partial charge in [-0.25, -0.2) is 9.97 Å². The second-order valence-corrected chi connectivity index (χ2v) is 8.68. The smallest absolute Gasteiger partial charge is 0.145 e. The van der Waals surface area contributed by atoms with Crippen molar-refractivity contribution < 1.29 is 4.74 Å². The topological polar surface area (TPSA) is 118 Å². The van der Waals surface area contributed by atoms with E-state index in [1.165, 1.54) is 0 Å². The van der Waals surface area contributed by atoms with Gasteiger partial charge in [0.1, 0.15) is 35.8 Å². The summed E-state index contributed by atoms with van der Waals surface area (Å²) in [5.41, 5.74) is 16.5. The van der Waals surface area contributed by atoms with Crippen molar-refractivity contribution in [3.63, 3.8) is 0 Å². The van der Waals surface area contributed by atoms with Gasteiger partial charge in [-0.3, -0.25) is 0 Å². The third-order valence-electron chi connectivity index (χ3n) is 6.46. The molecule has 4 aromatic rings. The number of nitrogens with two attached hydrogens (primary N) is 2. The second kappa shape index (κ2) is 9.07. The molecule has 0 aliphatic carbocycles. The molecule has 8 heteroatoms. The van der Waals surface area contributed by atoms with Crippen molar-refractivity contribution in [3.8, 4) is 5.75 Å². The number of benzene rings is 2. The number of nitrogens with one attached hydrogen (secondary N) is 2. The molecule has 1 fully saturated rings. The largest absolute Gasteiger partial charge is 0.487 e. The van der Waals surface area contributed by atoms with Crippen LogP contribution >= 0.6 is 0 Å². The lowest BCUT2D eigenvalue weighted by Gasteiger charge is -2.41. The summed E-state index contributed by atoms with van der Waals surface area (Å²) in [6.07, 6.45) is 4.92. The number of rotatable bonds is 7. The zero-order valence-corrected chi connectivity index (χ0v) is 19.0. The van der Waals surface area contributed by atoms with Crippen LogP contribution in [0.4, 0.5) is 17.2 Å². The number of nitrogens with zero attached hydrogens (tertiary/aromatic N) is 3. The van der Waals surface area contributed by atoms with E-state index in [0.717, 1.165) is 54.0 Å². The monoisotopic (exact) mass is 455 g/mol. The average Bonchev–Trinajstić information content (AvgIpc) is 3.35. The third kappa shape index (κ3) is 4.27. The number of H-pyrrole nitrogens is 1. The Morgan fingerprint density at radius 3 is 2.68 bits per heavy atom. The maximum absolute atomic E-state index is 6.84. The van der Waals surface area contributed by atoms with Gasteiger partial charge in [0.15, 0.2) is 0 Å². The number of aromatic nitrogens is 3. The summed E-state index contributed by atoms with van der Waals surface area (Å²) in [6.45, 7) is 6.25. The van der Waals surface area contributed by atoms with Crippen LogP contribution in [-0.4, -0.2) is 33.6 Å². The first kappa shape index (κ1) is 21.8. The molecule has 1 aliphatic heterocycles. The van der Waals surface area contributed by atoms with Crippen LogP contribution in [0.3, 0.4) is 0 Å². The minimum Gasteiger partial charge on any atom is -0.487 e. The van der Waals surface area contributed by atoms with Crippen molar-refractivity contribution in [2.24, 2.45) is 5.73 Å². The van der Waals surface area contributed by atoms with Crippen molar-refractivity contribution in [1.82, 2.24) is 15.0 Å². The normalized spacial score (nSPS) is 15.3. The van der Waals surface area contributed by atoms with Crippen LogP contribution in [0.5, 0.6) is 5.75 Å². The third-order valence-corrected chi connectivity index (χ3v) is 6.46. The summed E-state index contributed by atoms with van der Waals surface area (Å²) in [5.74, 6) is 1.60. The predicted molar refractivity (Wildman–Crippen MR) is 137 cm³/mol. The van der Waals surface area contributed by atoms with Crippen molar-refractivity contribution in [2.45, 2.75) is 25.0 Å². The van der Waals surface area contributed by atoms with Crippen molar-refractivity contribution in [1.29, 1.82) is 0 Å². The number of para-hydroxylation sites is 1. The minimum absolute atomic E-state index is 0.445. The Labute approximate surface area is 198 Å². The van der Waals surface area contributed by atoms with Crippen LogP contribution in [0, 0.1) is 0 Å². The van der Waals surface area contributed by atoms with E-state index in [4.69, 9.17) is 16.2 Å². The van der Waals surface area contributed by atoms with Gasteiger partial charge in [-0.05, 0) is 36.6 Å². The van der Waals surface area contributed by atoms with Crippen LogP contribution in [-0.2, 0) is 6.61 Å². The van der Waals surface area contributed by atoms with E-state index in [-0.39, 0.29) is 0 Å². The highest BCUT2D eigenvalue weighted by Gasteiger charge is 2.35. The van der Waals surface area contributed by atoms with Crippen LogP contribution in [0.15, 0.2) is 79.4 Å². The molecule has 8 nitrogen and oxygen atoms in total. The lowest BCUT2D eigenvalue weighted by Crippen LogP contribution is -2.53. The molecule has 0 amide bonds. The summed E-state index contributed by atoms with van der Waals surface area (Å²) >= 11 is 0. The number of anilines is 3. The summed E-state index contributed by atoms with van der Waals surface area (Å²) in [5, 5.41) is 4.40. The van der Waals surface area contributed by atoms with Crippen molar-refractivity contribution >= 4 is 28.2 Å². The van der Waals surface area contributed by atoms with E-state index in [1.807, 2.05) is 60.8 Å². The van der Waals surface area contributed by atoms with E-state index in [2.05, 4.69) is 31.7 Å². The van der Waals surface area contributed by atoms with Gasteiger partial charge in [0.25, 0.3) is 0 Å². The van der Waals surface area contributed by atoms with Gasteiger partial charge >= 0.3 is 0 Å². The number of hydrogen-bond donors (Lipinski definition) is 4. The quantitative estimate of drug-likeness (QED) is 0.311. The van der Waals surface area contributed by atoms with E-state index in [1.54, 1.807) is 6.33 Å². The standard InChI is InChI=1S/C26H29N7O/c1-18(32-23-21(27)8-5-9-22(23)34-16-19-6-3-2-4-7-19)26(28)11-14-33(15-12-26)25-20-10-13-29-24(20)30-17-31-25/h2-10,13,17,32H,1,11-12,14-16,27-28H2,(H,29,30,31). The number of aromatic amines is 1. The van der Waals surface area contributed by atoms with E-state index in [0.29, 0.717) is 23.7 Å². The number of ether oxygens (including phenoxy) is 1. The van der Waals surface area contributed by atoms with Crippen molar-refractivity contribution in [2.75, 3.05) is 29.0 Å². The van der Waals surface area contributed by atoms with E-state index < -0.39 is 5.54 Å². The molecular formula is C26H29N7O. The molecule has 1 aliphatic rings. The number of nitrogen functional groups attached to an aromatic ring is 1. The van der Waals surface area contributed by atoms with Gasteiger partial charge in [-0.2, -0.15) is 0 Å². The molecule has 6 N–H and O–H groups in total. The van der Waals surface area contributed by atoms with Gasteiger partial charge < -0.3 is 31.4 Å². The molecule has 0 radical (unpaired) electrons. The Hall–Kier alpha value is -4.04. The highest BCUT2D eigenvalue weighted by atomic mass is 16.5. The second-order valence-electron chi connectivity index (χ2n) is 8.68. The van der Waals surface area contributed by atoms with Gasteiger partial charge in [0.05, 0.1) is 16.6 Å². The summed E-state index contributed by atoms with van der Waals surface area (Å²) in [6, 6.07) is 17.6. The maximum Gasteiger partial charge on any atom is 0.145 e. The molecule has 1 saturated heterocycles. The fourth-order valence-electron chi connectivity index (χ4n) is 4.34. The summed E-state index contributed by atoms with van der Waals surface area (Å²) in [7, 11) is 0. The van der Waals surface area contributed by atoms with Crippen molar-refractivity contribution in [3.05, 3.63) is 85.0 Å². The van der Waals surface area contributed by atoms with Gasteiger partial charge in [0, 0.05) is 25.0 Å². The summed E-state index contributed by atoms with van der Waals surface area (Å²) in [4.78, 5) is 14.2. The van der Waals surface area contributed by atoms with Crippen LogP contribution < -0.4 is 26.4 Å². The van der Waals surface area contributed by atoms with E-state index in [9.17, 15) is 0 Å². The molecule has 0 spiro atoms. The molecule has 2 aromatic carbocycles. The molecule has 0 atom stereocenters. The van der Waals surface area contributed by atoms with Crippen LogP contribution in [0.25, 0.3) is 11.0 Å². The molecule has 0 bridgehead atoms. The number of fused-ring (bicyclic) bond motifs is 1. The summed E-state index contributed by atoms with van der Waals surface area (Å²) < 4.78 is 6.08. The molecular weight excluding hydrogens is 426 g/mol. The van der Waals surface area contributed by atoms with Gasteiger partial charge in [-0.1, -0.05) is 43.0 Å². The molecule has 2 aromatic heterocycles. The Bertz CT molecular complexity index is 1290. The number of hydrogen-bond acceptors (Lipinski definition) is 7. The SMILES string of the molecule is C=C(Nc1c(N)cccc1OCc1ccccc1)C1(N)CCN(c2ncnc3[nH]ccc23)CC1. The highest BCUT2D eigenvalue weighted by molar-refractivity contribution is 5.87. The first-order valence-corrected chi connectivity index (χ1v) is 11.4. The maximum atomic E-state index is 6.84. The van der Waals surface area contributed by atoms with Crippen LogP contribution in [0.1, 0.15) is 18.4 Å². The molecule has 5 rings (SSSR count). The Balaban J connectivity index is 1.28. The molecule has 34 heavy (non-hydrogen) atoms. The molecule has 3 heterocycles. The lowest BCUT2D eigenvalue weighted by molar-refractivity contribution is 0.307. The molecule has 0 saturated carbocycles. The molecule has 174 valence electrons. The van der Waals surface area contributed by atoms with Gasteiger partial charge in [0.2, 0.25) is 0 Å². The average molecular weight is 456 g/mol. The first-order chi connectivity index (χ1) is 16.5. The minimum atomic E-state index is -0.584. The van der Waals surface area contributed by atoms with Gasteiger partial charge in [-0.15, -0.1) is 0 Å². The Morgan fingerprint density at radius 2 is 1.88 bits per heavy atom. The highest BCUT2D eigenvalue weighted by Crippen LogP contribution is 2.36. The fraction of sp³-hybridized carbons (Fsp3) is 0.231. The fourth-order valence-corrected chi connectivity index (χ4v) is 4.34. The Morgan fingerprint density at radius 1 is 1.09 bits per heavy atom. The zero-order chi connectivity index (χ0) is 23.5. The van der Waals surface area contributed by atoms with Crippen LogP contribution in [0.2, 0.25) is 0 Å². The predicted octanol–water partition coefficient (Wildman–Crippen LogP) is 4.04. The van der Waals surface area contributed by atoms with E-state index >= 15 is 0 Å². The molecule has 0 unspecified atom stereocenters. The number of piperidine rings is 1. The first-order valence-electron chi connectivity index (χ1n) is 11.4. The Kier molecular flexibility index (Phi) is 5.81. The zero-order valence-electron chi connectivity index (χ0n) is 19.0.